The molecule has 0 radical (unpaired) electrons. The van der Waals surface area contributed by atoms with E-state index in [0.717, 1.165) is 10.3 Å². The summed E-state index contributed by atoms with van der Waals surface area (Å²) in [5.74, 6) is -1.17. The first-order valence-electron chi connectivity index (χ1n) is 9.61. The molecule has 1 N–H and O–H groups in total. The molecule has 0 aliphatic heterocycles. The first kappa shape index (κ1) is 21.9. The molecule has 5 nitrogen and oxygen atoms in total. The lowest BCUT2D eigenvalue weighted by atomic mass is 10.1. The average molecular weight is 470 g/mol. The fourth-order valence-corrected chi connectivity index (χ4v) is 4.07. The number of carbonyl (C=O) groups is 2. The summed E-state index contributed by atoms with van der Waals surface area (Å²) in [6.07, 6.45) is 0. The summed E-state index contributed by atoms with van der Waals surface area (Å²) in [4.78, 5) is 25.8. The highest BCUT2D eigenvalue weighted by molar-refractivity contribution is 7.98. The number of nitrogens with one attached hydrogen (secondary N) is 1. The van der Waals surface area contributed by atoms with Crippen molar-refractivity contribution in [3.8, 4) is 0 Å². The molecule has 0 aliphatic carbocycles. The van der Waals surface area contributed by atoms with E-state index in [4.69, 9.17) is 20.8 Å². The van der Waals surface area contributed by atoms with Gasteiger partial charge in [-0.15, -0.1) is 11.8 Å². The quantitative estimate of drug-likeness (QED) is 0.253. The number of fused-ring (bicyclic) bond motifs is 1. The molecule has 3 aromatic carbocycles. The van der Waals surface area contributed by atoms with Crippen LogP contribution in [-0.2, 0) is 15.3 Å². The summed E-state index contributed by atoms with van der Waals surface area (Å²) in [5.41, 5.74) is 1.64. The minimum absolute atomic E-state index is 0.0576. The third-order valence-electron chi connectivity index (χ3n) is 4.54. The largest absolute Gasteiger partial charge is 0.450 e. The summed E-state index contributed by atoms with van der Waals surface area (Å²) >= 11 is 7.46. The fourth-order valence-electron chi connectivity index (χ4n) is 3.02. The number of thioether (sulfide) groups is 1. The molecule has 1 heterocycles. The Morgan fingerprint density at radius 2 is 1.72 bits per heavy atom. The fraction of sp³-hybridized carbons (Fsp3) is 0.0833. The number of amides is 1. The first-order chi connectivity index (χ1) is 15.5. The van der Waals surface area contributed by atoms with Crippen LogP contribution in [0.4, 0.5) is 10.1 Å². The van der Waals surface area contributed by atoms with E-state index in [2.05, 4.69) is 5.32 Å². The molecule has 8 heteroatoms. The van der Waals surface area contributed by atoms with Crippen molar-refractivity contribution in [1.82, 2.24) is 0 Å². The SMILES string of the molecule is O=C(COC(=O)c1oc2ccccc2c1CSc1ccc(Cl)cc1)Nc1ccc(F)cc1. The van der Waals surface area contributed by atoms with Crippen molar-refractivity contribution < 1.29 is 23.1 Å². The zero-order chi connectivity index (χ0) is 22.5. The van der Waals surface area contributed by atoms with E-state index in [1.165, 1.54) is 36.0 Å². The summed E-state index contributed by atoms with van der Waals surface area (Å²) in [6, 6.07) is 20.0. The lowest BCUT2D eigenvalue weighted by Crippen LogP contribution is -2.21. The standard InChI is InChI=1S/C24H17ClFNO4S/c25-15-5-11-18(12-6-15)32-14-20-19-3-1-2-4-21(19)31-23(20)24(29)30-13-22(28)27-17-9-7-16(26)8-10-17/h1-12H,13-14H2,(H,27,28). The Bertz CT molecular complexity index is 1260. The summed E-state index contributed by atoms with van der Waals surface area (Å²) in [5, 5.41) is 3.99. The maximum atomic E-state index is 13.0. The summed E-state index contributed by atoms with van der Waals surface area (Å²) in [6.45, 7) is -0.503. The number of ether oxygens (including phenoxy) is 1. The van der Waals surface area contributed by atoms with Gasteiger partial charge in [0.1, 0.15) is 11.4 Å². The molecule has 0 saturated heterocycles. The van der Waals surface area contributed by atoms with Crippen molar-refractivity contribution in [3.05, 3.63) is 95.0 Å². The normalized spacial score (nSPS) is 10.8. The Morgan fingerprint density at radius 3 is 2.47 bits per heavy atom. The van der Waals surface area contributed by atoms with Gasteiger partial charge in [0.25, 0.3) is 5.91 Å². The number of benzene rings is 3. The molecule has 0 bridgehead atoms. The van der Waals surface area contributed by atoms with E-state index >= 15 is 0 Å². The lowest BCUT2D eigenvalue weighted by molar-refractivity contribution is -0.119. The summed E-state index contributed by atoms with van der Waals surface area (Å²) in [7, 11) is 0. The van der Waals surface area contributed by atoms with Gasteiger partial charge in [0.2, 0.25) is 5.76 Å². The van der Waals surface area contributed by atoms with Crippen LogP contribution in [0.15, 0.2) is 82.1 Å². The number of halogens is 2. The van der Waals surface area contributed by atoms with E-state index in [9.17, 15) is 14.0 Å². The first-order valence-corrected chi connectivity index (χ1v) is 11.0. The minimum Gasteiger partial charge on any atom is -0.450 e. The number of esters is 1. The van der Waals surface area contributed by atoms with Crippen LogP contribution >= 0.6 is 23.4 Å². The van der Waals surface area contributed by atoms with Crippen LogP contribution in [0.3, 0.4) is 0 Å². The van der Waals surface area contributed by atoms with E-state index in [1.54, 1.807) is 18.2 Å². The Kier molecular flexibility index (Phi) is 6.78. The smallest absolute Gasteiger partial charge is 0.375 e. The monoisotopic (exact) mass is 469 g/mol. The van der Waals surface area contributed by atoms with Crippen molar-refractivity contribution in [1.29, 1.82) is 0 Å². The maximum absolute atomic E-state index is 13.0. The second kappa shape index (κ2) is 9.89. The molecular weight excluding hydrogens is 453 g/mol. The molecule has 0 fully saturated rings. The van der Waals surface area contributed by atoms with Gasteiger partial charge in [0.15, 0.2) is 6.61 Å². The predicted octanol–water partition coefficient (Wildman–Crippen LogP) is 6.31. The second-order valence-electron chi connectivity index (χ2n) is 6.78. The molecule has 4 aromatic rings. The van der Waals surface area contributed by atoms with Gasteiger partial charge in [-0.1, -0.05) is 29.8 Å². The lowest BCUT2D eigenvalue weighted by Gasteiger charge is -2.07. The van der Waals surface area contributed by atoms with Crippen LogP contribution < -0.4 is 5.32 Å². The van der Waals surface area contributed by atoms with Gasteiger partial charge >= 0.3 is 5.97 Å². The van der Waals surface area contributed by atoms with Gasteiger partial charge in [-0.3, -0.25) is 4.79 Å². The number of hydrogen-bond donors (Lipinski definition) is 1. The van der Waals surface area contributed by atoms with Crippen molar-refractivity contribution in [2.75, 3.05) is 11.9 Å². The van der Waals surface area contributed by atoms with Gasteiger partial charge in [-0.25, -0.2) is 9.18 Å². The van der Waals surface area contributed by atoms with Gasteiger partial charge in [0, 0.05) is 32.3 Å². The van der Waals surface area contributed by atoms with Crippen molar-refractivity contribution in [3.63, 3.8) is 0 Å². The highest BCUT2D eigenvalue weighted by atomic mass is 35.5. The van der Waals surface area contributed by atoms with Crippen LogP contribution in [0.1, 0.15) is 16.1 Å². The molecule has 1 amide bonds. The third-order valence-corrected chi connectivity index (χ3v) is 5.83. The number of furan rings is 1. The van der Waals surface area contributed by atoms with E-state index in [-0.39, 0.29) is 5.76 Å². The molecule has 0 atom stereocenters. The van der Waals surface area contributed by atoms with Crippen LogP contribution in [0.25, 0.3) is 11.0 Å². The molecule has 1 aromatic heterocycles. The molecule has 162 valence electrons. The molecule has 0 spiro atoms. The average Bonchev–Trinajstić information content (AvgIpc) is 3.17. The van der Waals surface area contributed by atoms with E-state index in [0.29, 0.717) is 27.6 Å². The second-order valence-corrected chi connectivity index (χ2v) is 8.26. The number of carbonyl (C=O) groups excluding carboxylic acids is 2. The van der Waals surface area contributed by atoms with Gasteiger partial charge in [0.05, 0.1) is 0 Å². The maximum Gasteiger partial charge on any atom is 0.375 e. The van der Waals surface area contributed by atoms with Crippen molar-refractivity contribution in [2.24, 2.45) is 0 Å². The zero-order valence-corrected chi connectivity index (χ0v) is 18.2. The van der Waals surface area contributed by atoms with Gasteiger partial charge < -0.3 is 14.5 Å². The van der Waals surface area contributed by atoms with E-state index < -0.39 is 24.3 Å². The Morgan fingerprint density at radius 1 is 1.00 bits per heavy atom. The Balaban J connectivity index is 1.46. The number of anilines is 1. The molecule has 32 heavy (non-hydrogen) atoms. The highest BCUT2D eigenvalue weighted by Gasteiger charge is 2.22. The zero-order valence-electron chi connectivity index (χ0n) is 16.6. The number of rotatable bonds is 7. The van der Waals surface area contributed by atoms with Crippen LogP contribution in [0.5, 0.6) is 0 Å². The van der Waals surface area contributed by atoms with Crippen LogP contribution in [0.2, 0.25) is 5.02 Å². The Labute approximate surface area is 192 Å². The van der Waals surface area contributed by atoms with Crippen molar-refractivity contribution in [2.45, 2.75) is 10.6 Å². The van der Waals surface area contributed by atoms with Crippen LogP contribution in [0, 0.1) is 5.82 Å². The molecule has 4 rings (SSSR count). The predicted molar refractivity (Wildman–Crippen MR) is 123 cm³/mol. The number of para-hydroxylation sites is 1. The molecular formula is C24H17ClFNO4S. The third kappa shape index (κ3) is 5.30. The van der Waals surface area contributed by atoms with Crippen LogP contribution in [-0.4, -0.2) is 18.5 Å². The highest BCUT2D eigenvalue weighted by Crippen LogP contribution is 2.32. The topological polar surface area (TPSA) is 68.5 Å². The molecule has 0 unspecified atom stereocenters. The van der Waals surface area contributed by atoms with E-state index in [1.807, 2.05) is 30.3 Å². The molecule has 0 saturated carbocycles. The van der Waals surface area contributed by atoms with Gasteiger partial charge in [-0.2, -0.15) is 0 Å². The Hall–Kier alpha value is -3.29. The number of hydrogen-bond acceptors (Lipinski definition) is 5. The van der Waals surface area contributed by atoms with Crippen molar-refractivity contribution >= 4 is 51.9 Å². The molecule has 0 aliphatic rings. The van der Waals surface area contributed by atoms with Gasteiger partial charge in [-0.05, 0) is 54.6 Å². The minimum atomic E-state index is -0.734. The summed E-state index contributed by atoms with van der Waals surface area (Å²) < 4.78 is 23.9.